The first-order valence-electron chi connectivity index (χ1n) is 7.78. The maximum Gasteiger partial charge on any atom is 0.292 e. The predicted octanol–water partition coefficient (Wildman–Crippen LogP) is 3.52. The van der Waals surface area contributed by atoms with E-state index in [2.05, 4.69) is 9.98 Å². The third-order valence-corrected chi connectivity index (χ3v) is 4.26. The van der Waals surface area contributed by atoms with Gasteiger partial charge in [0.05, 0.1) is 24.5 Å². The van der Waals surface area contributed by atoms with Gasteiger partial charge in [0.2, 0.25) is 0 Å². The lowest BCUT2D eigenvalue weighted by Gasteiger charge is -2.23. The number of benzodiazepines with no additional fused rings is 1. The standard InChI is InChI=1S/C18H15ClFN3O/c19-12-5-6-16-14(11-12)17(13-3-1-2-4-15(13)20)21-7-9-23(16)18-22-8-10-24-18/h1-6,11H,7-10H2. The van der Waals surface area contributed by atoms with Gasteiger partial charge in [0.1, 0.15) is 12.4 Å². The Morgan fingerprint density at radius 1 is 1.04 bits per heavy atom. The summed E-state index contributed by atoms with van der Waals surface area (Å²) in [4.78, 5) is 11.0. The number of hydrogen-bond acceptors (Lipinski definition) is 4. The Morgan fingerprint density at radius 3 is 2.71 bits per heavy atom. The quantitative estimate of drug-likeness (QED) is 0.794. The molecule has 0 saturated carbocycles. The van der Waals surface area contributed by atoms with Gasteiger partial charge in [-0.15, -0.1) is 0 Å². The summed E-state index contributed by atoms with van der Waals surface area (Å²) in [6.45, 7) is 2.36. The second-order valence-electron chi connectivity index (χ2n) is 5.54. The number of halogens is 2. The minimum Gasteiger partial charge on any atom is -0.463 e. The highest BCUT2D eigenvalue weighted by molar-refractivity contribution is 6.31. The largest absolute Gasteiger partial charge is 0.463 e. The molecule has 4 rings (SSSR count). The van der Waals surface area contributed by atoms with Gasteiger partial charge in [0, 0.05) is 22.7 Å². The van der Waals surface area contributed by atoms with Crippen molar-refractivity contribution in [2.24, 2.45) is 9.98 Å². The van der Waals surface area contributed by atoms with Gasteiger partial charge >= 0.3 is 0 Å². The normalized spacial score (nSPS) is 16.8. The summed E-state index contributed by atoms with van der Waals surface area (Å²) in [5.74, 6) is -0.301. The molecule has 4 nitrogen and oxygen atoms in total. The average molecular weight is 344 g/mol. The van der Waals surface area contributed by atoms with E-state index in [-0.39, 0.29) is 5.82 Å². The van der Waals surface area contributed by atoms with Crippen LogP contribution in [0.1, 0.15) is 11.1 Å². The summed E-state index contributed by atoms with van der Waals surface area (Å²) in [6, 6.07) is 12.8. The van der Waals surface area contributed by atoms with Gasteiger partial charge < -0.3 is 4.74 Å². The van der Waals surface area contributed by atoms with Crippen LogP contribution in [0.2, 0.25) is 5.02 Å². The number of ether oxygens (including phenoxy) is 1. The molecule has 2 heterocycles. The molecule has 0 aliphatic carbocycles. The van der Waals surface area contributed by atoms with E-state index in [0.29, 0.717) is 48.6 Å². The van der Waals surface area contributed by atoms with Crippen LogP contribution in [0.15, 0.2) is 52.4 Å². The van der Waals surface area contributed by atoms with Crippen LogP contribution in [-0.2, 0) is 4.74 Å². The van der Waals surface area contributed by atoms with Crippen LogP contribution < -0.4 is 4.90 Å². The van der Waals surface area contributed by atoms with Gasteiger partial charge in [0.15, 0.2) is 0 Å². The number of amidine groups is 1. The molecular formula is C18H15ClFN3O. The first kappa shape index (κ1) is 15.1. The highest BCUT2D eigenvalue weighted by atomic mass is 35.5. The van der Waals surface area contributed by atoms with E-state index in [1.165, 1.54) is 6.07 Å². The summed E-state index contributed by atoms with van der Waals surface area (Å²) in [5, 5.41) is 0.578. The molecule has 0 unspecified atom stereocenters. The number of rotatable bonds is 1. The second kappa shape index (κ2) is 6.24. The topological polar surface area (TPSA) is 37.2 Å². The lowest BCUT2D eigenvalue weighted by molar-refractivity contribution is 0.339. The number of benzene rings is 2. The van der Waals surface area contributed by atoms with Crippen LogP contribution in [-0.4, -0.2) is 38.0 Å². The van der Waals surface area contributed by atoms with E-state index in [4.69, 9.17) is 16.3 Å². The molecule has 0 bridgehead atoms. The van der Waals surface area contributed by atoms with Crippen molar-refractivity contribution >= 4 is 29.0 Å². The minimum absolute atomic E-state index is 0.301. The van der Waals surface area contributed by atoms with Crippen LogP contribution in [0.25, 0.3) is 0 Å². The molecular weight excluding hydrogens is 329 g/mol. The van der Waals surface area contributed by atoms with Crippen molar-refractivity contribution < 1.29 is 9.13 Å². The zero-order valence-electron chi connectivity index (χ0n) is 12.9. The van der Waals surface area contributed by atoms with Crippen LogP contribution in [0.3, 0.4) is 0 Å². The number of hydrogen-bond donors (Lipinski definition) is 0. The smallest absolute Gasteiger partial charge is 0.292 e. The van der Waals surface area contributed by atoms with E-state index in [1.807, 2.05) is 23.1 Å². The second-order valence-corrected chi connectivity index (χ2v) is 5.97. The fourth-order valence-electron chi connectivity index (χ4n) is 2.97. The number of nitrogens with zero attached hydrogens (tertiary/aromatic N) is 3. The zero-order valence-corrected chi connectivity index (χ0v) is 13.6. The predicted molar refractivity (Wildman–Crippen MR) is 94.0 cm³/mol. The number of anilines is 1. The fraction of sp³-hybridized carbons (Fsp3) is 0.222. The average Bonchev–Trinajstić information content (AvgIpc) is 3.05. The van der Waals surface area contributed by atoms with E-state index in [0.717, 1.165) is 11.3 Å². The molecule has 6 heteroatoms. The molecule has 2 aromatic rings. The molecule has 0 N–H and O–H groups in total. The summed E-state index contributed by atoms with van der Waals surface area (Å²) >= 11 is 6.20. The Morgan fingerprint density at radius 2 is 1.92 bits per heavy atom. The third-order valence-electron chi connectivity index (χ3n) is 4.03. The monoisotopic (exact) mass is 343 g/mol. The van der Waals surface area contributed by atoms with E-state index in [9.17, 15) is 4.39 Å². The molecule has 2 aliphatic heterocycles. The molecule has 122 valence electrons. The maximum atomic E-state index is 14.3. The first-order valence-corrected chi connectivity index (χ1v) is 8.16. The Hall–Kier alpha value is -2.40. The molecule has 2 aromatic carbocycles. The highest BCUT2D eigenvalue weighted by Gasteiger charge is 2.26. The lowest BCUT2D eigenvalue weighted by Crippen LogP contribution is -2.33. The van der Waals surface area contributed by atoms with Gasteiger partial charge in [-0.05, 0) is 30.3 Å². The Balaban J connectivity index is 1.87. The lowest BCUT2D eigenvalue weighted by atomic mass is 10.00. The van der Waals surface area contributed by atoms with Crippen molar-refractivity contribution in [3.05, 3.63) is 64.4 Å². The molecule has 0 atom stereocenters. The molecule has 0 saturated heterocycles. The number of aliphatic imine (C=N–C) groups is 2. The molecule has 0 amide bonds. The summed E-state index contributed by atoms with van der Waals surface area (Å²) in [5.41, 5.74) is 2.73. The minimum atomic E-state index is -0.301. The van der Waals surface area contributed by atoms with Gasteiger partial charge in [-0.3, -0.25) is 9.89 Å². The Labute approximate surface area is 144 Å². The van der Waals surface area contributed by atoms with Gasteiger partial charge in [-0.25, -0.2) is 9.38 Å². The third kappa shape index (κ3) is 2.65. The van der Waals surface area contributed by atoms with Crippen LogP contribution in [0, 0.1) is 5.82 Å². The van der Waals surface area contributed by atoms with Crippen molar-refractivity contribution in [1.29, 1.82) is 0 Å². The fourth-order valence-corrected chi connectivity index (χ4v) is 3.14. The highest BCUT2D eigenvalue weighted by Crippen LogP contribution is 2.30. The van der Waals surface area contributed by atoms with E-state index in [1.54, 1.807) is 18.2 Å². The Kier molecular flexibility index (Phi) is 3.94. The zero-order chi connectivity index (χ0) is 16.5. The van der Waals surface area contributed by atoms with Crippen LogP contribution in [0.5, 0.6) is 0 Å². The maximum absolute atomic E-state index is 14.3. The first-order chi connectivity index (χ1) is 11.7. The molecule has 0 fully saturated rings. The van der Waals surface area contributed by atoms with Gasteiger partial charge in [-0.2, -0.15) is 0 Å². The summed E-state index contributed by atoms with van der Waals surface area (Å²) in [6.07, 6.45) is 0. The molecule has 0 radical (unpaired) electrons. The summed E-state index contributed by atoms with van der Waals surface area (Å²) in [7, 11) is 0. The van der Waals surface area contributed by atoms with Crippen molar-refractivity contribution in [3.63, 3.8) is 0 Å². The van der Waals surface area contributed by atoms with Gasteiger partial charge in [-0.1, -0.05) is 23.7 Å². The molecule has 0 aromatic heterocycles. The molecule has 0 spiro atoms. The number of fused-ring (bicyclic) bond motifs is 1. The molecule has 24 heavy (non-hydrogen) atoms. The molecule has 2 aliphatic rings. The van der Waals surface area contributed by atoms with Crippen molar-refractivity contribution in [2.75, 3.05) is 31.1 Å². The van der Waals surface area contributed by atoms with E-state index < -0.39 is 0 Å². The SMILES string of the molecule is Fc1ccccc1C1=NCCN(C2=NCCO2)c2ccc(Cl)cc21. The summed E-state index contributed by atoms with van der Waals surface area (Å²) < 4.78 is 19.9. The van der Waals surface area contributed by atoms with Crippen molar-refractivity contribution in [3.8, 4) is 0 Å². The van der Waals surface area contributed by atoms with E-state index >= 15 is 0 Å². The van der Waals surface area contributed by atoms with Crippen molar-refractivity contribution in [2.45, 2.75) is 0 Å². The van der Waals surface area contributed by atoms with Gasteiger partial charge in [0.25, 0.3) is 6.02 Å². The Bertz CT molecular complexity index is 850. The van der Waals surface area contributed by atoms with Crippen molar-refractivity contribution in [1.82, 2.24) is 0 Å². The van der Waals surface area contributed by atoms with Crippen LogP contribution >= 0.6 is 11.6 Å². The van der Waals surface area contributed by atoms with Crippen LogP contribution in [0.4, 0.5) is 10.1 Å².